The molecule has 1 N–H and O–H groups in total. The fourth-order valence-electron chi connectivity index (χ4n) is 6.12. The number of phenolic OH excluding ortho intramolecular Hbond substituents is 1. The molecular weight excluding hydrogens is 884 g/mol. The zero-order chi connectivity index (χ0) is 43.6. The van der Waals surface area contributed by atoms with Crippen molar-refractivity contribution in [1.29, 1.82) is 0 Å². The van der Waals surface area contributed by atoms with Gasteiger partial charge in [-0.15, -0.1) is 9.03 Å². The molecule has 0 amide bonds. The first-order chi connectivity index (χ1) is 31.4. The summed E-state index contributed by atoms with van der Waals surface area (Å²) in [4.78, 5) is 0. The number of hydrogen-bond donors (Lipinski definition) is 1. The molecule has 1 atom stereocenters. The van der Waals surface area contributed by atoms with E-state index in [9.17, 15) is 5.11 Å². The van der Waals surface area contributed by atoms with Crippen LogP contribution >= 0.6 is 30.4 Å². The van der Waals surface area contributed by atoms with Crippen LogP contribution in [0.25, 0.3) is 0 Å². The lowest BCUT2D eigenvalue weighted by atomic mass is 10.3. The molecule has 0 spiro atoms. The molecule has 64 heavy (non-hydrogen) atoms. The fraction of sp³-hybridized carbons (Fsp3) is 0. The maximum absolute atomic E-state index is 10.7. The predicted molar refractivity (Wildman–Crippen MR) is 255 cm³/mol. The van der Waals surface area contributed by atoms with E-state index in [2.05, 4.69) is 0 Å². The van der Waals surface area contributed by atoms with Crippen LogP contribution in [0.5, 0.6) is 46.0 Å². The molecule has 1 aliphatic heterocycles. The van der Waals surface area contributed by atoms with Crippen LogP contribution in [0.3, 0.4) is 0 Å². The van der Waals surface area contributed by atoms with Gasteiger partial charge in [-0.25, -0.2) is 0 Å². The van der Waals surface area contributed by atoms with Crippen LogP contribution in [0.2, 0.25) is 0 Å². The Kier molecular flexibility index (Phi) is 12.7. The highest BCUT2D eigenvalue weighted by atomic mass is 31.3. The molecule has 0 saturated heterocycles. The molecule has 8 aromatic rings. The zero-order valence-electron chi connectivity index (χ0n) is 33.9. The average Bonchev–Trinajstić information content (AvgIpc) is 3.31. The van der Waals surface area contributed by atoms with Gasteiger partial charge in [0.2, 0.25) is 0 Å². The molecular formula is C48H40N4O8P4. The van der Waals surface area contributed by atoms with E-state index in [1.807, 2.05) is 127 Å². The Morgan fingerprint density at radius 3 is 0.766 bits per heavy atom. The molecule has 0 saturated carbocycles. The highest BCUT2D eigenvalue weighted by Crippen LogP contribution is 2.79. The first-order valence-corrected chi connectivity index (χ1v) is 26.2. The van der Waals surface area contributed by atoms with E-state index in [1.54, 1.807) is 97.1 Å². The first-order valence-electron chi connectivity index (χ1n) is 20.0. The molecule has 320 valence electrons. The highest BCUT2D eigenvalue weighted by molar-refractivity contribution is 7.83. The van der Waals surface area contributed by atoms with Gasteiger partial charge in [0.05, 0.1) is 5.30 Å². The smallest absolute Gasteiger partial charge is 0.460 e. The Labute approximate surface area is 371 Å². The van der Waals surface area contributed by atoms with Crippen LogP contribution in [0.15, 0.2) is 255 Å². The fourth-order valence-corrected chi connectivity index (χ4v) is 19.1. The van der Waals surface area contributed by atoms with E-state index in [-0.39, 0.29) is 5.75 Å². The lowest BCUT2D eigenvalue weighted by Gasteiger charge is -2.33. The summed E-state index contributed by atoms with van der Waals surface area (Å²) in [7, 11) is -17.1. The number of aromatic hydroxyl groups is 1. The van der Waals surface area contributed by atoms with Crippen molar-refractivity contribution in [3.63, 3.8) is 0 Å². The average molecular weight is 925 g/mol. The van der Waals surface area contributed by atoms with Crippen LogP contribution in [0.4, 0.5) is 0 Å². The predicted octanol–water partition coefficient (Wildman–Crippen LogP) is 15.5. The van der Waals surface area contributed by atoms with Gasteiger partial charge in [0, 0.05) is 0 Å². The Morgan fingerprint density at radius 1 is 0.250 bits per heavy atom. The Hall–Kier alpha value is -6.92. The maximum atomic E-state index is 10.7. The second-order valence-electron chi connectivity index (χ2n) is 13.7. The van der Waals surface area contributed by atoms with Gasteiger partial charge in [-0.3, -0.25) is 0 Å². The minimum atomic E-state index is -4.35. The third-order valence-electron chi connectivity index (χ3n) is 8.89. The molecule has 12 nitrogen and oxygen atoms in total. The van der Waals surface area contributed by atoms with Crippen LogP contribution in [0, 0.1) is 0 Å². The monoisotopic (exact) mass is 924 g/mol. The van der Waals surface area contributed by atoms with Crippen molar-refractivity contribution in [2.24, 2.45) is 18.1 Å². The minimum absolute atomic E-state index is 0.00440. The van der Waals surface area contributed by atoms with Gasteiger partial charge in [-0.1, -0.05) is 136 Å². The van der Waals surface area contributed by atoms with E-state index in [1.165, 1.54) is 12.1 Å². The highest BCUT2D eigenvalue weighted by Gasteiger charge is 2.48. The van der Waals surface area contributed by atoms with E-state index < -0.39 is 30.4 Å². The number of rotatable bonds is 15. The van der Waals surface area contributed by atoms with Gasteiger partial charge in [0.15, 0.2) is 0 Å². The summed E-state index contributed by atoms with van der Waals surface area (Å²) < 4.78 is 72.1. The minimum Gasteiger partial charge on any atom is -0.508 e. The zero-order valence-corrected chi connectivity index (χ0v) is 37.5. The molecule has 0 aromatic heterocycles. The van der Waals surface area contributed by atoms with Gasteiger partial charge >= 0.3 is 23.0 Å². The van der Waals surface area contributed by atoms with Crippen molar-refractivity contribution in [3.05, 3.63) is 237 Å². The molecule has 0 fully saturated rings. The largest absolute Gasteiger partial charge is 0.508 e. The maximum Gasteiger partial charge on any atom is 0.460 e. The summed E-state index contributed by atoms with van der Waals surface area (Å²) in [6.45, 7) is 0. The van der Waals surface area contributed by atoms with E-state index in [4.69, 9.17) is 49.7 Å². The SMILES string of the molecule is Oc1ccc(P2(Oc3ccccc3)=NP(Oc3ccccc3)(Oc3ccccc3)=NP(Oc3ccccc3)(Oc3ccccc3)=NP(Oc3ccccc3)(Oc3ccccc3)=N2)cc1. The van der Waals surface area contributed by atoms with Crippen LogP contribution in [0.1, 0.15) is 0 Å². The molecule has 9 rings (SSSR count). The van der Waals surface area contributed by atoms with E-state index in [0.717, 1.165) is 0 Å². The lowest BCUT2D eigenvalue weighted by molar-refractivity contribution is 0.453. The summed E-state index contributed by atoms with van der Waals surface area (Å²) in [6, 6.07) is 70.0. The lowest BCUT2D eigenvalue weighted by Crippen LogP contribution is -2.14. The van der Waals surface area contributed by atoms with E-state index >= 15 is 0 Å². The van der Waals surface area contributed by atoms with Gasteiger partial charge < -0.3 is 36.8 Å². The van der Waals surface area contributed by atoms with Crippen molar-refractivity contribution < 1.29 is 36.8 Å². The van der Waals surface area contributed by atoms with Gasteiger partial charge in [0.1, 0.15) is 46.0 Å². The first kappa shape index (κ1) is 42.4. The number of phenols is 1. The summed E-state index contributed by atoms with van der Waals surface area (Å²) in [5, 5.41) is 11.1. The summed E-state index contributed by atoms with van der Waals surface area (Å²) in [5.41, 5.74) is 0. The molecule has 1 unspecified atom stereocenters. The third kappa shape index (κ3) is 10.5. The van der Waals surface area contributed by atoms with Crippen molar-refractivity contribution in [1.82, 2.24) is 0 Å². The molecule has 0 aliphatic carbocycles. The van der Waals surface area contributed by atoms with E-state index in [0.29, 0.717) is 45.6 Å². The van der Waals surface area contributed by atoms with Crippen molar-refractivity contribution in [2.45, 2.75) is 0 Å². The van der Waals surface area contributed by atoms with Crippen molar-refractivity contribution in [2.75, 3.05) is 0 Å². The van der Waals surface area contributed by atoms with Gasteiger partial charge in [0.25, 0.3) is 7.43 Å². The van der Waals surface area contributed by atoms with Crippen molar-refractivity contribution >= 4 is 35.7 Å². The van der Waals surface area contributed by atoms with Gasteiger partial charge in [-0.05, 0) is 109 Å². The molecule has 1 heterocycles. The molecule has 1 aliphatic rings. The second kappa shape index (κ2) is 19.2. The Bertz CT molecular complexity index is 2800. The second-order valence-corrected chi connectivity index (χ2v) is 22.4. The van der Waals surface area contributed by atoms with Crippen LogP contribution < -0.4 is 37.0 Å². The summed E-state index contributed by atoms with van der Waals surface area (Å²) >= 11 is 0. The molecule has 8 aromatic carbocycles. The summed E-state index contributed by atoms with van der Waals surface area (Å²) in [5.74, 6) is 2.57. The van der Waals surface area contributed by atoms with Crippen LogP contribution in [-0.2, 0) is 0 Å². The Morgan fingerprint density at radius 2 is 0.484 bits per heavy atom. The van der Waals surface area contributed by atoms with Crippen molar-refractivity contribution in [3.8, 4) is 46.0 Å². The third-order valence-corrected chi connectivity index (χ3v) is 20.4. The Balaban J connectivity index is 1.50. The number of para-hydroxylation sites is 7. The molecule has 16 heteroatoms. The van der Waals surface area contributed by atoms with Gasteiger partial charge in [-0.2, -0.15) is 0 Å². The molecule has 0 bridgehead atoms. The number of hydrogen-bond acceptors (Lipinski definition) is 12. The normalized spacial score (nSPS) is 16.8. The quantitative estimate of drug-likeness (QED) is 0.100. The number of benzene rings is 8. The summed E-state index contributed by atoms with van der Waals surface area (Å²) in [6.07, 6.45) is 0. The topological polar surface area (TPSA) is 134 Å². The standard InChI is InChI=1S/C48H40N4O8P4/c53-40-36-38-48(39-37-40)61(54-41-22-8-1-9-23-41)49-62(55-42-24-10-2-11-25-42,56-43-26-12-3-13-27-43)51-64(59-46-32-18-6-19-33-46,60-47-34-20-7-21-35-47)52-63(50-61,57-44-28-14-4-15-29-44)58-45-30-16-5-17-31-45/h1-39,53H. The number of nitrogens with zero attached hydrogens (tertiary/aromatic N) is 4. The van der Waals surface area contributed by atoms with Crippen LogP contribution in [-0.4, -0.2) is 5.11 Å². The molecule has 0 radical (unpaired) electrons.